The van der Waals surface area contributed by atoms with Crippen LogP contribution in [0.3, 0.4) is 0 Å². The molecule has 65 heavy (non-hydrogen) atoms. The van der Waals surface area contributed by atoms with E-state index in [1.807, 2.05) is 25.2 Å². The lowest BCUT2D eigenvalue weighted by atomic mass is 9.71. The van der Waals surface area contributed by atoms with E-state index in [0.717, 1.165) is 18.4 Å². The normalized spacial score (nSPS) is 47.0. The molecule has 14 heteroatoms. The molecule has 7 rings (SSSR count). The minimum absolute atomic E-state index is 0.0378. The summed E-state index contributed by atoms with van der Waals surface area (Å²) in [5, 5.41) is 23.8. The molecule has 0 aromatic rings. The molecule has 1 spiro atoms. The van der Waals surface area contributed by atoms with Crippen LogP contribution in [0.15, 0.2) is 59.3 Å². The molecule has 2 N–H and O–H groups in total. The molecule has 0 unspecified atom stereocenters. The van der Waals surface area contributed by atoms with Gasteiger partial charge in [0.2, 0.25) is 0 Å². The Morgan fingerprint density at radius 2 is 1.60 bits per heavy atom. The average molecular weight is 915 g/mol. The van der Waals surface area contributed by atoms with Crippen molar-refractivity contribution >= 4 is 5.97 Å². The summed E-state index contributed by atoms with van der Waals surface area (Å²) in [6, 6.07) is 0. The molecule has 0 aromatic carbocycles. The summed E-state index contributed by atoms with van der Waals surface area (Å²) in [5.74, 6) is -2.19. The van der Waals surface area contributed by atoms with E-state index in [2.05, 4.69) is 53.7 Å². The van der Waals surface area contributed by atoms with Crippen LogP contribution in [-0.2, 0) is 56.9 Å². The van der Waals surface area contributed by atoms with Crippen LogP contribution in [0.25, 0.3) is 0 Å². The molecular weight excluding hydrogens is 837 g/mol. The topological polar surface area (TPSA) is 159 Å². The first kappa shape index (κ1) is 50.6. The van der Waals surface area contributed by atoms with Gasteiger partial charge in [0.15, 0.2) is 18.4 Å². The molecule has 0 saturated carbocycles. The Hall–Kier alpha value is -2.31. The number of hydrogen-bond donors (Lipinski definition) is 2. The number of methoxy groups -OCH3 is 3. The van der Waals surface area contributed by atoms with Gasteiger partial charge in [0.05, 0.1) is 49.3 Å². The highest BCUT2D eigenvalue weighted by molar-refractivity contribution is 5.78. The van der Waals surface area contributed by atoms with Crippen LogP contribution in [-0.4, -0.2) is 142 Å². The fourth-order valence-corrected chi connectivity index (χ4v) is 11.2. The van der Waals surface area contributed by atoms with Crippen LogP contribution >= 0.6 is 0 Å². The molecule has 6 heterocycles. The number of ether oxygens (including phenoxy) is 11. The Labute approximate surface area is 386 Å². The number of aliphatic hydroxyl groups is 2. The van der Waals surface area contributed by atoms with Gasteiger partial charge in [-0.2, -0.15) is 0 Å². The summed E-state index contributed by atoms with van der Waals surface area (Å²) in [4.78, 5) is 14.4. The van der Waals surface area contributed by atoms with Crippen LogP contribution in [0.5, 0.6) is 0 Å². The minimum atomic E-state index is -1.83. The molecule has 6 aliphatic heterocycles. The van der Waals surface area contributed by atoms with E-state index in [9.17, 15) is 15.0 Å². The van der Waals surface area contributed by atoms with Gasteiger partial charge < -0.3 is 62.3 Å². The molecule has 2 bridgehead atoms. The summed E-state index contributed by atoms with van der Waals surface area (Å²) in [6.07, 6.45) is 11.5. The van der Waals surface area contributed by atoms with Crippen LogP contribution in [0.4, 0.5) is 0 Å². The van der Waals surface area contributed by atoms with Gasteiger partial charge in [0, 0.05) is 71.4 Å². The quantitative estimate of drug-likeness (QED) is 0.167. The van der Waals surface area contributed by atoms with Crippen LogP contribution in [0, 0.1) is 29.6 Å². The lowest BCUT2D eigenvalue weighted by Gasteiger charge is -2.47. The number of esters is 1. The molecule has 7 aliphatic rings. The van der Waals surface area contributed by atoms with E-state index in [-0.39, 0.29) is 61.0 Å². The van der Waals surface area contributed by atoms with Gasteiger partial charge in [0.25, 0.3) is 0 Å². The summed E-state index contributed by atoms with van der Waals surface area (Å²) in [5.41, 5.74) is 0.175. The number of aliphatic hydroxyl groups excluding tert-OH is 1. The van der Waals surface area contributed by atoms with Gasteiger partial charge in [-0.05, 0) is 75.7 Å². The zero-order valence-electron chi connectivity index (χ0n) is 40.6. The lowest BCUT2D eigenvalue weighted by molar-refractivity contribution is -0.315. The molecular formula is C51H78O14. The third kappa shape index (κ3) is 11.1. The van der Waals surface area contributed by atoms with E-state index in [4.69, 9.17) is 52.1 Å². The predicted molar refractivity (Wildman–Crippen MR) is 241 cm³/mol. The van der Waals surface area contributed by atoms with Crippen molar-refractivity contribution < 1.29 is 67.1 Å². The average Bonchev–Trinajstić information content (AvgIpc) is 3.60. The number of allylic oxidation sites excluding steroid dienone is 2. The highest BCUT2D eigenvalue weighted by atomic mass is 16.7. The third-order valence-corrected chi connectivity index (χ3v) is 15.0. The third-order valence-electron chi connectivity index (χ3n) is 15.0. The Bertz CT molecular complexity index is 1780. The Kier molecular flexibility index (Phi) is 16.8. The first-order chi connectivity index (χ1) is 31.0. The molecule has 4 saturated heterocycles. The number of fused-ring (bicyclic) bond motifs is 2. The Morgan fingerprint density at radius 1 is 0.877 bits per heavy atom. The second kappa shape index (κ2) is 21.5. The van der Waals surface area contributed by atoms with Crippen molar-refractivity contribution in [3.05, 3.63) is 59.3 Å². The highest BCUT2D eigenvalue weighted by Gasteiger charge is 2.60. The van der Waals surface area contributed by atoms with E-state index in [1.165, 1.54) is 0 Å². The van der Waals surface area contributed by atoms with Crippen molar-refractivity contribution in [2.45, 2.75) is 191 Å². The first-order valence-corrected chi connectivity index (χ1v) is 24.2. The number of carbonyl (C=O) groups excluding carboxylic acids is 1. The zero-order valence-corrected chi connectivity index (χ0v) is 40.6. The summed E-state index contributed by atoms with van der Waals surface area (Å²) < 4.78 is 70.2. The van der Waals surface area contributed by atoms with E-state index < -0.39 is 66.4 Å². The van der Waals surface area contributed by atoms with Crippen molar-refractivity contribution in [3.8, 4) is 0 Å². The monoisotopic (exact) mass is 915 g/mol. The Balaban J connectivity index is 1.16. The fourth-order valence-electron chi connectivity index (χ4n) is 11.2. The number of carbonyl (C=O) groups is 1. The van der Waals surface area contributed by atoms with Crippen molar-refractivity contribution in [2.75, 3.05) is 34.5 Å². The second-order valence-electron chi connectivity index (χ2n) is 20.2. The van der Waals surface area contributed by atoms with Crippen LogP contribution in [0.1, 0.15) is 100 Å². The summed E-state index contributed by atoms with van der Waals surface area (Å²) in [6.45, 7) is 17.1. The van der Waals surface area contributed by atoms with Crippen molar-refractivity contribution in [2.24, 2.45) is 29.6 Å². The standard InChI is InChI=1S/C51H78O14/c1-28(2)21-40-29(3)17-19-50(65-40)26-37-23-36(64-50)16-15-31(5)46(30(4)13-12-14-35-27-58-48-45(52)32(6)22-39(49(53)61-37)51(35,48)54)62-44-25-42(57-11)47(34(8)60-44)63-43-24-41(56-10)38(18-20-55-9)33(7)59-43/h12-15,17,19,22,28-30,33-34,36-48,52,54H,16,18,20-21,23-27H2,1-11H3/b13-12+,31-15+,35-14+/t29-,30-,33-,34-,36+,37-,38-,39-,40+,41-,42-,43-,44-,45+,46-,47-,48+,50+,51+/m0/s1. The molecule has 0 amide bonds. The van der Waals surface area contributed by atoms with E-state index >= 15 is 0 Å². The molecule has 14 nitrogen and oxygen atoms in total. The fraction of sp³-hybridized carbons (Fsp3) is 0.784. The first-order valence-electron chi connectivity index (χ1n) is 24.2. The van der Waals surface area contributed by atoms with Gasteiger partial charge in [-0.3, -0.25) is 4.79 Å². The van der Waals surface area contributed by atoms with Crippen LogP contribution < -0.4 is 0 Å². The van der Waals surface area contributed by atoms with Gasteiger partial charge in [0.1, 0.15) is 35.9 Å². The molecule has 0 aromatic heterocycles. The van der Waals surface area contributed by atoms with E-state index in [1.54, 1.807) is 40.4 Å². The molecule has 1 aliphatic carbocycles. The van der Waals surface area contributed by atoms with E-state index in [0.29, 0.717) is 55.8 Å². The van der Waals surface area contributed by atoms with Gasteiger partial charge in [-0.25, -0.2) is 0 Å². The maximum atomic E-state index is 14.4. The largest absolute Gasteiger partial charge is 0.462 e. The van der Waals surface area contributed by atoms with Crippen LogP contribution in [0.2, 0.25) is 0 Å². The molecule has 4 fully saturated rings. The summed E-state index contributed by atoms with van der Waals surface area (Å²) in [7, 11) is 5.13. The van der Waals surface area contributed by atoms with Crippen molar-refractivity contribution in [3.63, 3.8) is 0 Å². The maximum absolute atomic E-state index is 14.4. The smallest absolute Gasteiger partial charge is 0.316 e. The number of hydrogen-bond acceptors (Lipinski definition) is 14. The predicted octanol–water partition coefficient (Wildman–Crippen LogP) is 6.67. The Morgan fingerprint density at radius 3 is 2.32 bits per heavy atom. The van der Waals surface area contributed by atoms with Gasteiger partial charge >= 0.3 is 5.97 Å². The summed E-state index contributed by atoms with van der Waals surface area (Å²) >= 11 is 0. The van der Waals surface area contributed by atoms with Crippen molar-refractivity contribution in [1.82, 2.24) is 0 Å². The van der Waals surface area contributed by atoms with Gasteiger partial charge in [-0.15, -0.1) is 0 Å². The van der Waals surface area contributed by atoms with Crippen molar-refractivity contribution in [1.29, 1.82) is 0 Å². The number of rotatable bonds is 11. The lowest BCUT2D eigenvalue weighted by Crippen LogP contribution is -2.58. The molecule has 0 radical (unpaired) electrons. The second-order valence-corrected chi connectivity index (χ2v) is 20.2. The maximum Gasteiger partial charge on any atom is 0.316 e. The van der Waals surface area contributed by atoms with Gasteiger partial charge in [-0.1, -0.05) is 64.2 Å². The SMILES string of the molecule is COCC[C@H]1[C@H](C)O[C@@H](O[C@H]2[C@H](C)O[C@@H](O[C@@H]3/C(C)=C/C[C@@H]4C[C@@H](C[C@]5(C=C[C@H](C)[C@@H](CC(C)C)O5)O4)OC(=O)[C@@H]4C=C(C)[C@@H](O)[C@H]5OC/C(=C\C=C\[C@@H]3C)[C@]54O)C[C@@H]2OC)C[C@@H]1OC. The molecule has 19 atom stereocenters. The minimum Gasteiger partial charge on any atom is -0.462 e. The zero-order chi connectivity index (χ0) is 46.8. The highest BCUT2D eigenvalue weighted by Crippen LogP contribution is 2.47. The molecule has 366 valence electrons.